The standard InChI is InChI=1S/C41H31NO/c1-25-8-16-29(17-9-25)36-33-6-5-7-34-38(31-20-12-27(3)13-21-31)40(32-22-14-28(4)15-23-32)43-41(39(33)34)35(24-42)37(36)30-18-10-26(2)11-19-30/h5-23H,1-4H3. The molecule has 0 saturated heterocycles. The van der Waals surface area contributed by atoms with Gasteiger partial charge < -0.3 is 4.74 Å². The van der Waals surface area contributed by atoms with E-state index in [2.05, 4.69) is 149 Å². The number of aryl methyl sites for hydroxylation is 4. The third-order valence-corrected chi connectivity index (χ3v) is 8.43. The largest absolute Gasteiger partial charge is 0.454 e. The van der Waals surface area contributed by atoms with Crippen molar-refractivity contribution in [1.82, 2.24) is 0 Å². The molecule has 2 nitrogen and oxygen atoms in total. The number of benzene rings is 6. The van der Waals surface area contributed by atoms with Gasteiger partial charge in [0, 0.05) is 22.1 Å². The van der Waals surface area contributed by atoms with Crippen molar-refractivity contribution < 1.29 is 4.74 Å². The first kappa shape index (κ1) is 26.5. The highest BCUT2D eigenvalue weighted by atomic mass is 16.5. The lowest BCUT2D eigenvalue weighted by Gasteiger charge is -2.29. The van der Waals surface area contributed by atoms with E-state index in [1.807, 2.05) is 0 Å². The third-order valence-electron chi connectivity index (χ3n) is 8.43. The second-order valence-corrected chi connectivity index (χ2v) is 11.6. The molecule has 0 bridgehead atoms. The van der Waals surface area contributed by atoms with Crippen LogP contribution in [0.15, 0.2) is 115 Å². The summed E-state index contributed by atoms with van der Waals surface area (Å²) in [6.07, 6.45) is 0. The van der Waals surface area contributed by atoms with Crippen molar-refractivity contribution in [1.29, 1.82) is 5.26 Å². The normalized spacial score (nSPS) is 12.3. The maximum absolute atomic E-state index is 10.9. The molecule has 1 aliphatic rings. The van der Waals surface area contributed by atoms with E-state index in [9.17, 15) is 5.26 Å². The van der Waals surface area contributed by atoms with Gasteiger partial charge in [0.1, 0.15) is 17.4 Å². The highest BCUT2D eigenvalue weighted by Crippen LogP contribution is 2.53. The Hall–Kier alpha value is -5.39. The fourth-order valence-electron chi connectivity index (χ4n) is 6.14. The average molecular weight is 554 g/mol. The molecule has 0 fully saturated rings. The van der Waals surface area contributed by atoms with Crippen molar-refractivity contribution in [2.75, 3.05) is 0 Å². The Balaban J connectivity index is 1.64. The van der Waals surface area contributed by atoms with Crippen molar-refractivity contribution in [3.63, 3.8) is 0 Å². The first-order valence-corrected chi connectivity index (χ1v) is 14.7. The predicted octanol–water partition coefficient (Wildman–Crippen LogP) is 10.6. The number of ether oxygens (including phenoxy) is 1. The Kier molecular flexibility index (Phi) is 6.45. The summed E-state index contributed by atoms with van der Waals surface area (Å²) in [5.41, 5.74) is 13.5. The molecule has 6 aromatic carbocycles. The molecule has 1 heterocycles. The van der Waals surface area contributed by atoms with Gasteiger partial charge in [-0.15, -0.1) is 0 Å². The first-order valence-electron chi connectivity index (χ1n) is 14.7. The molecule has 0 unspecified atom stereocenters. The van der Waals surface area contributed by atoms with E-state index in [4.69, 9.17) is 4.74 Å². The Morgan fingerprint density at radius 1 is 0.512 bits per heavy atom. The van der Waals surface area contributed by atoms with Crippen molar-refractivity contribution in [3.05, 3.63) is 160 Å². The van der Waals surface area contributed by atoms with E-state index in [0.717, 1.165) is 61.0 Å². The zero-order valence-corrected chi connectivity index (χ0v) is 24.8. The van der Waals surface area contributed by atoms with E-state index in [0.29, 0.717) is 11.3 Å². The van der Waals surface area contributed by atoms with Crippen molar-refractivity contribution >= 4 is 22.1 Å². The van der Waals surface area contributed by atoms with Crippen LogP contribution < -0.4 is 4.74 Å². The topological polar surface area (TPSA) is 33.0 Å². The van der Waals surface area contributed by atoms with Crippen LogP contribution in [0.25, 0.3) is 44.4 Å². The molecule has 0 spiro atoms. The molecular formula is C41H31NO. The van der Waals surface area contributed by atoms with Gasteiger partial charge in [-0.3, -0.25) is 0 Å². The maximum Gasteiger partial charge on any atom is 0.154 e. The maximum atomic E-state index is 10.9. The highest BCUT2D eigenvalue weighted by molar-refractivity contribution is 6.17. The lowest BCUT2D eigenvalue weighted by molar-refractivity contribution is 0.518. The molecule has 0 N–H and O–H groups in total. The summed E-state index contributed by atoms with van der Waals surface area (Å²) in [5, 5.41) is 12.9. The van der Waals surface area contributed by atoms with Crippen LogP contribution in [-0.4, -0.2) is 0 Å². The molecule has 43 heavy (non-hydrogen) atoms. The van der Waals surface area contributed by atoms with Crippen LogP contribution in [0.5, 0.6) is 5.75 Å². The molecule has 0 radical (unpaired) electrons. The van der Waals surface area contributed by atoms with E-state index in [-0.39, 0.29) is 0 Å². The fourth-order valence-corrected chi connectivity index (χ4v) is 6.14. The van der Waals surface area contributed by atoms with Gasteiger partial charge in [-0.1, -0.05) is 138 Å². The Morgan fingerprint density at radius 2 is 0.977 bits per heavy atom. The Labute approximate surface area is 253 Å². The molecule has 0 atom stereocenters. The lowest BCUT2D eigenvalue weighted by Crippen LogP contribution is -2.10. The molecule has 6 aromatic rings. The van der Waals surface area contributed by atoms with E-state index < -0.39 is 0 Å². The van der Waals surface area contributed by atoms with Crippen molar-refractivity contribution in [2.24, 2.45) is 0 Å². The molecule has 0 aliphatic carbocycles. The highest BCUT2D eigenvalue weighted by Gasteiger charge is 2.31. The molecule has 1 aliphatic heterocycles. The van der Waals surface area contributed by atoms with Crippen LogP contribution in [0.3, 0.4) is 0 Å². The zero-order valence-electron chi connectivity index (χ0n) is 24.8. The Morgan fingerprint density at radius 3 is 1.49 bits per heavy atom. The minimum atomic E-state index is 0.548. The van der Waals surface area contributed by atoms with Gasteiger partial charge in [0.25, 0.3) is 0 Å². The second kappa shape index (κ2) is 10.5. The molecule has 0 amide bonds. The summed E-state index contributed by atoms with van der Waals surface area (Å²) in [7, 11) is 0. The molecule has 0 aromatic heterocycles. The van der Waals surface area contributed by atoms with Crippen molar-refractivity contribution in [3.8, 4) is 34.1 Å². The number of nitriles is 1. The Bertz CT molecular complexity index is 2090. The minimum absolute atomic E-state index is 0.548. The van der Waals surface area contributed by atoms with Gasteiger partial charge in [-0.2, -0.15) is 5.26 Å². The third kappa shape index (κ3) is 4.51. The van der Waals surface area contributed by atoms with Gasteiger partial charge >= 0.3 is 0 Å². The molecular weight excluding hydrogens is 522 g/mol. The van der Waals surface area contributed by atoms with E-state index >= 15 is 0 Å². The van der Waals surface area contributed by atoms with Crippen LogP contribution in [-0.2, 0) is 0 Å². The monoisotopic (exact) mass is 553 g/mol. The summed E-state index contributed by atoms with van der Waals surface area (Å²) in [6, 6.07) is 43.2. The van der Waals surface area contributed by atoms with Gasteiger partial charge in [-0.05, 0) is 60.9 Å². The molecule has 2 heteroatoms. The fraction of sp³-hybridized carbons (Fsp3) is 0.0976. The smallest absolute Gasteiger partial charge is 0.154 e. The average Bonchev–Trinajstić information content (AvgIpc) is 3.03. The number of hydrogen-bond acceptors (Lipinski definition) is 2. The van der Waals surface area contributed by atoms with Gasteiger partial charge in [0.2, 0.25) is 0 Å². The van der Waals surface area contributed by atoms with E-state index in [1.54, 1.807) is 0 Å². The number of nitrogens with zero attached hydrogens (tertiary/aromatic N) is 1. The summed E-state index contributed by atoms with van der Waals surface area (Å²) in [4.78, 5) is 0. The van der Waals surface area contributed by atoms with Crippen LogP contribution in [0.4, 0.5) is 0 Å². The van der Waals surface area contributed by atoms with Crippen LogP contribution >= 0.6 is 0 Å². The zero-order chi connectivity index (χ0) is 29.7. The summed E-state index contributed by atoms with van der Waals surface area (Å²) < 4.78 is 7.00. The first-order chi connectivity index (χ1) is 20.9. The quantitative estimate of drug-likeness (QED) is 0.217. The summed E-state index contributed by atoms with van der Waals surface area (Å²) in [6.45, 7) is 8.37. The number of rotatable bonds is 4. The lowest BCUT2D eigenvalue weighted by atomic mass is 9.81. The van der Waals surface area contributed by atoms with Gasteiger partial charge in [0.15, 0.2) is 5.75 Å². The van der Waals surface area contributed by atoms with Crippen LogP contribution in [0, 0.1) is 39.0 Å². The van der Waals surface area contributed by atoms with E-state index in [1.165, 1.54) is 22.3 Å². The summed E-state index contributed by atoms with van der Waals surface area (Å²) >= 11 is 0. The molecule has 0 saturated carbocycles. The second-order valence-electron chi connectivity index (χ2n) is 11.6. The number of hydrogen-bond donors (Lipinski definition) is 0. The van der Waals surface area contributed by atoms with Crippen molar-refractivity contribution in [2.45, 2.75) is 27.7 Å². The van der Waals surface area contributed by atoms with Crippen LogP contribution in [0.2, 0.25) is 0 Å². The minimum Gasteiger partial charge on any atom is -0.454 e. The SMILES string of the molecule is Cc1ccc(C2=C(c3ccc(C)cc3)c3cccc4c(-c5ccc(C)cc5)c(-c5ccc(C)cc5)c(C#N)c(c34)O2)cc1. The van der Waals surface area contributed by atoms with Crippen LogP contribution in [0.1, 0.15) is 44.5 Å². The summed E-state index contributed by atoms with van der Waals surface area (Å²) in [5.74, 6) is 1.38. The molecule has 7 rings (SSSR count). The van der Waals surface area contributed by atoms with Gasteiger partial charge in [-0.25, -0.2) is 0 Å². The van der Waals surface area contributed by atoms with Gasteiger partial charge in [0.05, 0.1) is 0 Å². The molecule has 206 valence electrons. The predicted molar refractivity (Wildman–Crippen MR) is 178 cm³/mol.